The first-order valence-corrected chi connectivity index (χ1v) is 11.9. The van der Waals surface area contributed by atoms with Crippen molar-refractivity contribution in [1.82, 2.24) is 0 Å². The molecule has 0 spiro atoms. The molecule has 0 heterocycles. The Morgan fingerprint density at radius 2 is 0.971 bits per heavy atom. The van der Waals surface area contributed by atoms with E-state index in [9.17, 15) is 5.11 Å². The molecule has 0 fully saturated rings. The highest BCUT2D eigenvalue weighted by Crippen LogP contribution is 2.22. The standard InChI is InChI=1S/C29H36O6/c1-31-28(32-2)18-26(33-20-23-12-6-3-7-13-23)29(35-22-25-16-10-5-11-17-25)27(19-30)34-21-24-14-8-4-9-15-24/h3-17,26-30H,18-22H2,1-2H3/t26-,27+,29+/m0/s1. The molecule has 3 atom stereocenters. The van der Waals surface area contributed by atoms with Crippen molar-refractivity contribution < 1.29 is 28.8 Å². The van der Waals surface area contributed by atoms with E-state index < -0.39 is 24.6 Å². The van der Waals surface area contributed by atoms with Gasteiger partial charge in [-0.05, 0) is 16.7 Å². The predicted octanol–water partition coefficient (Wildman–Crippen LogP) is 4.74. The molecule has 0 bridgehead atoms. The third kappa shape index (κ3) is 9.18. The van der Waals surface area contributed by atoms with Crippen LogP contribution in [0.25, 0.3) is 0 Å². The van der Waals surface area contributed by atoms with E-state index in [4.69, 9.17) is 23.7 Å². The third-order valence-electron chi connectivity index (χ3n) is 5.76. The largest absolute Gasteiger partial charge is 0.394 e. The first kappa shape index (κ1) is 27.0. The summed E-state index contributed by atoms with van der Waals surface area (Å²) in [5.41, 5.74) is 3.08. The van der Waals surface area contributed by atoms with Crippen LogP contribution in [0.5, 0.6) is 0 Å². The van der Waals surface area contributed by atoms with Gasteiger partial charge in [-0.3, -0.25) is 0 Å². The van der Waals surface area contributed by atoms with Gasteiger partial charge in [0.1, 0.15) is 12.2 Å². The fourth-order valence-corrected chi connectivity index (χ4v) is 3.80. The van der Waals surface area contributed by atoms with Gasteiger partial charge in [0, 0.05) is 20.6 Å². The fourth-order valence-electron chi connectivity index (χ4n) is 3.80. The Morgan fingerprint density at radius 3 is 1.37 bits per heavy atom. The van der Waals surface area contributed by atoms with E-state index >= 15 is 0 Å². The summed E-state index contributed by atoms with van der Waals surface area (Å²) >= 11 is 0. The summed E-state index contributed by atoms with van der Waals surface area (Å²) in [4.78, 5) is 0. The zero-order valence-electron chi connectivity index (χ0n) is 20.5. The van der Waals surface area contributed by atoms with Crippen LogP contribution in [-0.2, 0) is 43.5 Å². The molecule has 0 aromatic heterocycles. The minimum Gasteiger partial charge on any atom is -0.394 e. The lowest BCUT2D eigenvalue weighted by atomic mass is 10.0. The molecule has 3 aromatic rings. The van der Waals surface area contributed by atoms with E-state index in [-0.39, 0.29) is 6.61 Å². The molecule has 3 aromatic carbocycles. The molecule has 6 nitrogen and oxygen atoms in total. The minimum atomic E-state index is -0.617. The summed E-state index contributed by atoms with van der Waals surface area (Å²) in [6.07, 6.45) is -1.73. The molecule has 35 heavy (non-hydrogen) atoms. The van der Waals surface area contributed by atoms with Gasteiger partial charge >= 0.3 is 0 Å². The van der Waals surface area contributed by atoms with Crippen LogP contribution < -0.4 is 0 Å². The van der Waals surface area contributed by atoms with Gasteiger partial charge in [-0.25, -0.2) is 0 Å². The molecule has 188 valence electrons. The van der Waals surface area contributed by atoms with Gasteiger partial charge in [0.25, 0.3) is 0 Å². The number of aliphatic hydroxyl groups is 1. The van der Waals surface area contributed by atoms with E-state index in [0.29, 0.717) is 26.2 Å². The lowest BCUT2D eigenvalue weighted by molar-refractivity contribution is -0.190. The first-order valence-electron chi connectivity index (χ1n) is 11.9. The minimum absolute atomic E-state index is 0.220. The maximum atomic E-state index is 10.3. The second-order valence-corrected chi connectivity index (χ2v) is 8.25. The number of benzene rings is 3. The molecule has 6 heteroatoms. The number of hydrogen-bond acceptors (Lipinski definition) is 6. The lowest BCUT2D eigenvalue weighted by Crippen LogP contribution is -2.46. The molecule has 0 aliphatic carbocycles. The van der Waals surface area contributed by atoms with Crippen molar-refractivity contribution in [3.05, 3.63) is 108 Å². The number of aliphatic hydroxyl groups excluding tert-OH is 1. The smallest absolute Gasteiger partial charge is 0.159 e. The van der Waals surface area contributed by atoms with E-state index in [1.165, 1.54) is 0 Å². The highest BCUT2D eigenvalue weighted by Gasteiger charge is 2.34. The van der Waals surface area contributed by atoms with Crippen LogP contribution in [0.1, 0.15) is 23.1 Å². The van der Waals surface area contributed by atoms with Crippen LogP contribution >= 0.6 is 0 Å². The Kier molecular flexibility index (Phi) is 11.9. The average Bonchev–Trinajstić information content (AvgIpc) is 2.93. The number of rotatable bonds is 16. The Bertz CT molecular complexity index is 918. The molecule has 0 aliphatic heterocycles. The normalized spacial score (nSPS) is 14.1. The van der Waals surface area contributed by atoms with Crippen molar-refractivity contribution in [3.8, 4) is 0 Å². The monoisotopic (exact) mass is 480 g/mol. The molecule has 0 radical (unpaired) electrons. The fraction of sp³-hybridized carbons (Fsp3) is 0.379. The van der Waals surface area contributed by atoms with E-state index in [2.05, 4.69) is 0 Å². The van der Waals surface area contributed by atoms with Crippen molar-refractivity contribution in [3.63, 3.8) is 0 Å². The maximum absolute atomic E-state index is 10.3. The molecular formula is C29H36O6. The Labute approximate surface area is 208 Å². The van der Waals surface area contributed by atoms with Crippen LogP contribution in [0.3, 0.4) is 0 Å². The molecule has 0 unspecified atom stereocenters. The van der Waals surface area contributed by atoms with Crippen LogP contribution in [0.15, 0.2) is 91.0 Å². The first-order chi connectivity index (χ1) is 17.2. The Morgan fingerprint density at radius 1 is 0.571 bits per heavy atom. The number of methoxy groups -OCH3 is 2. The van der Waals surface area contributed by atoms with Gasteiger partial charge in [0.15, 0.2) is 6.29 Å². The molecule has 0 saturated heterocycles. The van der Waals surface area contributed by atoms with Crippen molar-refractivity contribution >= 4 is 0 Å². The van der Waals surface area contributed by atoms with Gasteiger partial charge in [-0.2, -0.15) is 0 Å². The maximum Gasteiger partial charge on any atom is 0.159 e. The van der Waals surface area contributed by atoms with Gasteiger partial charge in [0.2, 0.25) is 0 Å². The highest BCUT2D eigenvalue weighted by molar-refractivity contribution is 5.15. The average molecular weight is 481 g/mol. The van der Waals surface area contributed by atoms with Crippen LogP contribution in [-0.4, -0.2) is 50.5 Å². The number of ether oxygens (including phenoxy) is 5. The summed E-state index contributed by atoms with van der Waals surface area (Å²) in [5, 5.41) is 10.3. The molecule has 3 rings (SSSR count). The van der Waals surface area contributed by atoms with Gasteiger partial charge in [-0.15, -0.1) is 0 Å². The highest BCUT2D eigenvalue weighted by atomic mass is 16.7. The SMILES string of the molecule is COC(C[C@H](OCc1ccccc1)[C@@H](OCc1ccccc1)[C@@H](CO)OCc1ccccc1)OC. The second kappa shape index (κ2) is 15.4. The van der Waals surface area contributed by atoms with E-state index in [1.807, 2.05) is 91.0 Å². The summed E-state index contributed by atoms with van der Waals surface area (Å²) in [6, 6.07) is 29.7. The predicted molar refractivity (Wildman–Crippen MR) is 135 cm³/mol. The molecule has 0 aliphatic rings. The van der Waals surface area contributed by atoms with E-state index in [1.54, 1.807) is 14.2 Å². The quantitative estimate of drug-likeness (QED) is 0.299. The lowest BCUT2D eigenvalue weighted by Gasteiger charge is -2.34. The summed E-state index contributed by atoms with van der Waals surface area (Å²) < 4.78 is 29.9. The zero-order chi connectivity index (χ0) is 24.7. The van der Waals surface area contributed by atoms with Gasteiger partial charge < -0.3 is 28.8 Å². The van der Waals surface area contributed by atoms with Gasteiger partial charge in [0.05, 0.1) is 32.5 Å². The van der Waals surface area contributed by atoms with Crippen LogP contribution in [0.4, 0.5) is 0 Å². The van der Waals surface area contributed by atoms with Crippen molar-refractivity contribution in [1.29, 1.82) is 0 Å². The van der Waals surface area contributed by atoms with Crippen molar-refractivity contribution in [2.24, 2.45) is 0 Å². The Hall–Kier alpha value is -2.58. The zero-order valence-corrected chi connectivity index (χ0v) is 20.5. The molecular weight excluding hydrogens is 444 g/mol. The topological polar surface area (TPSA) is 66.4 Å². The summed E-state index contributed by atoms with van der Waals surface area (Å²) in [6.45, 7) is 0.864. The number of hydrogen-bond donors (Lipinski definition) is 1. The molecule has 1 N–H and O–H groups in total. The summed E-state index contributed by atoms with van der Waals surface area (Å²) in [5.74, 6) is 0. The second-order valence-electron chi connectivity index (χ2n) is 8.25. The van der Waals surface area contributed by atoms with Crippen molar-refractivity contribution in [2.75, 3.05) is 20.8 Å². The summed E-state index contributed by atoms with van der Waals surface area (Å²) in [7, 11) is 3.19. The van der Waals surface area contributed by atoms with Gasteiger partial charge in [-0.1, -0.05) is 91.0 Å². The van der Waals surface area contributed by atoms with Crippen molar-refractivity contribution in [2.45, 2.75) is 50.8 Å². The third-order valence-corrected chi connectivity index (χ3v) is 5.76. The molecule has 0 saturated carbocycles. The molecule has 0 amide bonds. The van der Waals surface area contributed by atoms with E-state index in [0.717, 1.165) is 16.7 Å². The van der Waals surface area contributed by atoms with Crippen LogP contribution in [0.2, 0.25) is 0 Å². The Balaban J connectivity index is 1.81. The van der Waals surface area contributed by atoms with Crippen LogP contribution in [0, 0.1) is 0 Å².